The SMILES string of the molecule is Nc1cc(I)c2nc(N)[nH]c2c1. The summed E-state index contributed by atoms with van der Waals surface area (Å²) in [6.45, 7) is 0. The summed E-state index contributed by atoms with van der Waals surface area (Å²) in [5, 5.41) is 0. The van der Waals surface area contributed by atoms with E-state index in [9.17, 15) is 0 Å². The zero-order valence-electron chi connectivity index (χ0n) is 6.13. The first-order valence-electron chi connectivity index (χ1n) is 3.37. The lowest BCUT2D eigenvalue weighted by Crippen LogP contribution is -1.86. The molecule has 1 heterocycles. The summed E-state index contributed by atoms with van der Waals surface area (Å²) in [5.41, 5.74) is 13.6. The zero-order valence-corrected chi connectivity index (χ0v) is 8.29. The quantitative estimate of drug-likeness (QED) is 0.500. The van der Waals surface area contributed by atoms with E-state index in [1.54, 1.807) is 0 Å². The molecule has 0 unspecified atom stereocenters. The van der Waals surface area contributed by atoms with Gasteiger partial charge in [-0.3, -0.25) is 0 Å². The third-order valence-corrected chi connectivity index (χ3v) is 2.40. The molecule has 5 heteroatoms. The maximum absolute atomic E-state index is 5.64. The molecule has 0 aliphatic carbocycles. The van der Waals surface area contributed by atoms with Crippen LogP contribution in [0.2, 0.25) is 0 Å². The first kappa shape index (κ1) is 7.66. The highest BCUT2D eigenvalue weighted by molar-refractivity contribution is 14.1. The largest absolute Gasteiger partial charge is 0.399 e. The van der Waals surface area contributed by atoms with Crippen molar-refractivity contribution in [1.82, 2.24) is 9.97 Å². The molecule has 1 aromatic carbocycles. The number of hydrogen-bond donors (Lipinski definition) is 3. The maximum atomic E-state index is 5.64. The number of nitrogens with zero attached hydrogens (tertiary/aromatic N) is 1. The number of halogens is 1. The second kappa shape index (κ2) is 2.51. The van der Waals surface area contributed by atoms with Gasteiger partial charge in [0.15, 0.2) is 5.95 Å². The lowest BCUT2D eigenvalue weighted by atomic mass is 10.3. The molecule has 12 heavy (non-hydrogen) atoms. The normalized spacial score (nSPS) is 10.8. The number of nitrogen functional groups attached to an aromatic ring is 2. The van der Waals surface area contributed by atoms with Crippen molar-refractivity contribution in [2.24, 2.45) is 0 Å². The molecule has 0 spiro atoms. The molecule has 0 bridgehead atoms. The summed E-state index contributed by atoms with van der Waals surface area (Å²) in [4.78, 5) is 7.03. The summed E-state index contributed by atoms with van der Waals surface area (Å²) in [6.07, 6.45) is 0. The van der Waals surface area contributed by atoms with Crippen LogP contribution in [0, 0.1) is 3.57 Å². The monoisotopic (exact) mass is 274 g/mol. The molecule has 62 valence electrons. The average molecular weight is 274 g/mol. The fraction of sp³-hybridized carbons (Fsp3) is 0. The van der Waals surface area contributed by atoms with Gasteiger partial charge < -0.3 is 16.5 Å². The Morgan fingerprint density at radius 2 is 2.08 bits per heavy atom. The molecule has 0 amide bonds. The number of nitrogens with one attached hydrogen (secondary N) is 1. The number of imidazole rings is 1. The van der Waals surface area contributed by atoms with E-state index in [2.05, 4.69) is 32.6 Å². The van der Waals surface area contributed by atoms with Crippen LogP contribution in [-0.4, -0.2) is 9.97 Å². The molecule has 2 aromatic rings. The van der Waals surface area contributed by atoms with Crippen LogP contribution in [0.3, 0.4) is 0 Å². The van der Waals surface area contributed by atoms with Crippen molar-refractivity contribution in [3.05, 3.63) is 15.7 Å². The topological polar surface area (TPSA) is 80.7 Å². The molecule has 0 fully saturated rings. The Hall–Kier alpha value is -0.980. The third-order valence-electron chi connectivity index (χ3n) is 1.58. The number of fused-ring (bicyclic) bond motifs is 1. The Labute approximate surface area is 82.5 Å². The van der Waals surface area contributed by atoms with Gasteiger partial charge in [-0.15, -0.1) is 0 Å². The highest BCUT2D eigenvalue weighted by Crippen LogP contribution is 2.22. The maximum Gasteiger partial charge on any atom is 0.198 e. The van der Waals surface area contributed by atoms with Crippen LogP contribution in [0.5, 0.6) is 0 Å². The molecular weight excluding hydrogens is 267 g/mol. The molecule has 2 rings (SSSR count). The molecule has 5 N–H and O–H groups in total. The molecule has 0 aliphatic heterocycles. The van der Waals surface area contributed by atoms with E-state index in [0.29, 0.717) is 5.95 Å². The minimum atomic E-state index is 0.425. The van der Waals surface area contributed by atoms with Gasteiger partial charge in [-0.1, -0.05) is 0 Å². The predicted octanol–water partition coefficient (Wildman–Crippen LogP) is 1.33. The van der Waals surface area contributed by atoms with Crippen molar-refractivity contribution in [2.75, 3.05) is 11.5 Å². The minimum absolute atomic E-state index is 0.425. The summed E-state index contributed by atoms with van der Waals surface area (Å²) in [5.74, 6) is 0.425. The summed E-state index contributed by atoms with van der Waals surface area (Å²) < 4.78 is 1.01. The van der Waals surface area contributed by atoms with Crippen LogP contribution in [0.15, 0.2) is 12.1 Å². The van der Waals surface area contributed by atoms with Gasteiger partial charge in [0.25, 0.3) is 0 Å². The highest BCUT2D eigenvalue weighted by atomic mass is 127. The Kier molecular flexibility index (Phi) is 1.60. The number of nitrogens with two attached hydrogens (primary N) is 2. The van der Waals surface area contributed by atoms with Crippen LogP contribution in [-0.2, 0) is 0 Å². The first-order valence-corrected chi connectivity index (χ1v) is 4.45. The van der Waals surface area contributed by atoms with E-state index in [0.717, 1.165) is 20.3 Å². The Bertz CT molecular complexity index is 434. The van der Waals surface area contributed by atoms with Crippen LogP contribution in [0.1, 0.15) is 0 Å². The van der Waals surface area contributed by atoms with Crippen LogP contribution in [0.25, 0.3) is 11.0 Å². The second-order valence-electron chi connectivity index (χ2n) is 2.52. The number of H-pyrrole nitrogens is 1. The van der Waals surface area contributed by atoms with Crippen molar-refractivity contribution in [2.45, 2.75) is 0 Å². The smallest absolute Gasteiger partial charge is 0.198 e. The molecule has 0 saturated carbocycles. The standard InChI is InChI=1S/C7H7IN4/c8-4-1-3(9)2-5-6(4)12-7(10)11-5/h1-2H,9H2,(H3,10,11,12). The fourth-order valence-electron chi connectivity index (χ4n) is 1.12. The second-order valence-corrected chi connectivity index (χ2v) is 3.68. The molecule has 0 aliphatic rings. The Morgan fingerprint density at radius 3 is 2.83 bits per heavy atom. The number of aromatic nitrogens is 2. The first-order chi connectivity index (χ1) is 5.66. The van der Waals surface area contributed by atoms with Gasteiger partial charge in [0, 0.05) is 9.26 Å². The molecule has 0 radical (unpaired) electrons. The Morgan fingerprint density at radius 1 is 1.33 bits per heavy atom. The van der Waals surface area contributed by atoms with Crippen molar-refractivity contribution in [3.8, 4) is 0 Å². The summed E-state index contributed by atoms with van der Waals surface area (Å²) in [6, 6.07) is 3.68. The van der Waals surface area contributed by atoms with Gasteiger partial charge in [-0.2, -0.15) is 0 Å². The van der Waals surface area contributed by atoms with Crippen molar-refractivity contribution in [3.63, 3.8) is 0 Å². The van der Waals surface area contributed by atoms with E-state index in [1.807, 2.05) is 12.1 Å². The van der Waals surface area contributed by atoms with Crippen LogP contribution < -0.4 is 11.5 Å². The lowest BCUT2D eigenvalue weighted by molar-refractivity contribution is 1.35. The van der Waals surface area contributed by atoms with Gasteiger partial charge >= 0.3 is 0 Å². The van der Waals surface area contributed by atoms with Gasteiger partial charge in [0.2, 0.25) is 0 Å². The highest BCUT2D eigenvalue weighted by Gasteiger charge is 2.04. The minimum Gasteiger partial charge on any atom is -0.399 e. The van der Waals surface area contributed by atoms with Gasteiger partial charge in [-0.25, -0.2) is 4.98 Å². The fourth-order valence-corrected chi connectivity index (χ4v) is 1.89. The summed E-state index contributed by atoms with van der Waals surface area (Å²) >= 11 is 2.18. The van der Waals surface area contributed by atoms with E-state index in [-0.39, 0.29) is 0 Å². The number of aromatic amines is 1. The number of anilines is 2. The van der Waals surface area contributed by atoms with E-state index >= 15 is 0 Å². The zero-order chi connectivity index (χ0) is 8.72. The predicted molar refractivity (Wildman–Crippen MR) is 57.6 cm³/mol. The van der Waals surface area contributed by atoms with Crippen molar-refractivity contribution in [1.29, 1.82) is 0 Å². The molecule has 4 nitrogen and oxygen atoms in total. The van der Waals surface area contributed by atoms with Gasteiger partial charge in [0.05, 0.1) is 5.52 Å². The molecule has 0 saturated heterocycles. The van der Waals surface area contributed by atoms with E-state index < -0.39 is 0 Å². The number of benzene rings is 1. The molecule has 1 aromatic heterocycles. The lowest BCUT2D eigenvalue weighted by Gasteiger charge is -1.94. The van der Waals surface area contributed by atoms with Crippen LogP contribution in [0.4, 0.5) is 11.6 Å². The Balaban J connectivity index is 2.88. The van der Waals surface area contributed by atoms with Crippen LogP contribution >= 0.6 is 22.6 Å². The van der Waals surface area contributed by atoms with Gasteiger partial charge in [-0.05, 0) is 34.7 Å². The van der Waals surface area contributed by atoms with Crippen molar-refractivity contribution >= 4 is 45.3 Å². The average Bonchev–Trinajstić information content (AvgIpc) is 2.29. The number of hydrogen-bond acceptors (Lipinski definition) is 3. The molecule has 0 atom stereocenters. The van der Waals surface area contributed by atoms with E-state index in [4.69, 9.17) is 11.5 Å². The summed E-state index contributed by atoms with van der Waals surface area (Å²) in [7, 11) is 0. The van der Waals surface area contributed by atoms with E-state index in [1.165, 1.54) is 0 Å². The van der Waals surface area contributed by atoms with Crippen molar-refractivity contribution < 1.29 is 0 Å². The third kappa shape index (κ3) is 1.09. The molecular formula is C7H7IN4. The van der Waals surface area contributed by atoms with Gasteiger partial charge in [0.1, 0.15) is 5.52 Å². The number of rotatable bonds is 0.